The molecule has 0 aliphatic carbocycles. The smallest absolute Gasteiger partial charge is 0.240 e. The van der Waals surface area contributed by atoms with Crippen molar-refractivity contribution in [3.05, 3.63) is 29.8 Å². The van der Waals surface area contributed by atoms with Crippen LogP contribution < -0.4 is 4.72 Å². The molecule has 0 saturated carbocycles. The normalized spacial score (nSPS) is 15.2. The van der Waals surface area contributed by atoms with Crippen molar-refractivity contribution in [2.24, 2.45) is 0 Å². The average molecular weight is 285 g/mol. The van der Waals surface area contributed by atoms with E-state index in [-0.39, 0.29) is 10.8 Å². The zero-order valence-electron chi connectivity index (χ0n) is 11.8. The van der Waals surface area contributed by atoms with E-state index in [2.05, 4.69) is 4.72 Å². The van der Waals surface area contributed by atoms with Crippen LogP contribution in [0.3, 0.4) is 0 Å². The molecule has 4 nitrogen and oxygen atoms in total. The number of hydrogen-bond acceptors (Lipinski definition) is 3. The molecule has 2 unspecified atom stereocenters. The first-order chi connectivity index (χ1) is 8.94. The lowest BCUT2D eigenvalue weighted by molar-refractivity contribution is 0.144. The number of sulfonamides is 1. The molecule has 108 valence electrons. The van der Waals surface area contributed by atoms with E-state index in [1.165, 1.54) is 0 Å². The summed E-state index contributed by atoms with van der Waals surface area (Å²) in [5.74, 6) is -0.209. The highest BCUT2D eigenvalue weighted by Crippen LogP contribution is 2.27. The maximum atomic E-state index is 12.2. The van der Waals surface area contributed by atoms with Crippen LogP contribution in [0.15, 0.2) is 29.2 Å². The van der Waals surface area contributed by atoms with Crippen LogP contribution in [0.4, 0.5) is 0 Å². The van der Waals surface area contributed by atoms with Gasteiger partial charge in [-0.3, -0.25) is 0 Å². The minimum absolute atomic E-state index is 0.209. The van der Waals surface area contributed by atoms with Crippen molar-refractivity contribution >= 4 is 10.0 Å². The second-order valence-electron chi connectivity index (χ2n) is 4.70. The first kappa shape index (κ1) is 16.1. The predicted molar refractivity (Wildman–Crippen MR) is 76.6 cm³/mol. The fourth-order valence-electron chi connectivity index (χ4n) is 1.98. The second kappa shape index (κ2) is 7.03. The number of hydrogen-bond donors (Lipinski definition) is 2. The molecular weight excluding hydrogens is 262 g/mol. The van der Waals surface area contributed by atoms with Crippen LogP contribution >= 0.6 is 0 Å². The van der Waals surface area contributed by atoms with E-state index in [9.17, 15) is 13.5 Å². The Morgan fingerprint density at radius 3 is 2.47 bits per heavy atom. The molecule has 0 spiro atoms. The Balaban J connectivity index is 3.15. The molecule has 0 aromatic heterocycles. The fourth-order valence-corrected chi connectivity index (χ4v) is 3.43. The van der Waals surface area contributed by atoms with Crippen LogP contribution in [-0.4, -0.2) is 26.2 Å². The Labute approximate surface area is 115 Å². The van der Waals surface area contributed by atoms with Crippen molar-refractivity contribution in [2.45, 2.75) is 50.5 Å². The summed E-state index contributed by atoms with van der Waals surface area (Å²) in [6.45, 7) is 6.06. The minimum atomic E-state index is -3.50. The van der Waals surface area contributed by atoms with E-state index >= 15 is 0 Å². The van der Waals surface area contributed by atoms with Gasteiger partial charge < -0.3 is 5.11 Å². The summed E-state index contributed by atoms with van der Waals surface area (Å²) in [5.41, 5.74) is 0.667. The Morgan fingerprint density at radius 1 is 1.26 bits per heavy atom. The van der Waals surface area contributed by atoms with Gasteiger partial charge in [0.15, 0.2) is 0 Å². The number of rotatable bonds is 7. The number of benzene rings is 1. The standard InChI is InChI=1S/C14H23NO3S/c1-4-10-15-19(17,18)14-9-7-6-8-12(14)11(3)13(16)5-2/h6-9,11,13,15-16H,4-5,10H2,1-3H3. The van der Waals surface area contributed by atoms with Crippen LogP contribution in [0.25, 0.3) is 0 Å². The lowest BCUT2D eigenvalue weighted by atomic mass is 9.94. The van der Waals surface area contributed by atoms with Gasteiger partial charge in [-0.05, 0) is 24.5 Å². The van der Waals surface area contributed by atoms with E-state index in [0.717, 1.165) is 6.42 Å². The average Bonchev–Trinajstić information content (AvgIpc) is 2.43. The molecule has 1 aromatic rings. The van der Waals surface area contributed by atoms with Crippen molar-refractivity contribution in [1.82, 2.24) is 4.72 Å². The van der Waals surface area contributed by atoms with E-state index in [0.29, 0.717) is 18.5 Å². The molecule has 1 rings (SSSR count). The third-order valence-corrected chi connectivity index (χ3v) is 4.77. The molecule has 5 heteroatoms. The molecule has 0 saturated heterocycles. The van der Waals surface area contributed by atoms with E-state index in [4.69, 9.17) is 0 Å². The molecule has 0 heterocycles. The van der Waals surface area contributed by atoms with E-state index in [1.54, 1.807) is 24.3 Å². The quantitative estimate of drug-likeness (QED) is 0.807. The van der Waals surface area contributed by atoms with Gasteiger partial charge in [0.25, 0.3) is 0 Å². The predicted octanol–water partition coefficient (Wildman–Crippen LogP) is 2.25. The van der Waals surface area contributed by atoms with Gasteiger partial charge in [0.1, 0.15) is 0 Å². The third kappa shape index (κ3) is 4.03. The first-order valence-corrected chi connectivity index (χ1v) is 8.19. The van der Waals surface area contributed by atoms with Crippen molar-refractivity contribution in [1.29, 1.82) is 0 Å². The highest BCUT2D eigenvalue weighted by atomic mass is 32.2. The topological polar surface area (TPSA) is 66.4 Å². The molecule has 2 atom stereocenters. The highest BCUT2D eigenvalue weighted by molar-refractivity contribution is 7.89. The number of nitrogens with one attached hydrogen (secondary N) is 1. The fraction of sp³-hybridized carbons (Fsp3) is 0.571. The SMILES string of the molecule is CCCNS(=O)(=O)c1ccccc1C(C)C(O)CC. The summed E-state index contributed by atoms with van der Waals surface area (Å²) in [5, 5.41) is 9.93. The highest BCUT2D eigenvalue weighted by Gasteiger charge is 2.23. The Morgan fingerprint density at radius 2 is 1.89 bits per heavy atom. The van der Waals surface area contributed by atoms with Crippen molar-refractivity contribution < 1.29 is 13.5 Å². The van der Waals surface area contributed by atoms with Gasteiger partial charge in [0.05, 0.1) is 11.0 Å². The lowest BCUT2D eigenvalue weighted by Gasteiger charge is -2.20. The van der Waals surface area contributed by atoms with Crippen LogP contribution in [0, 0.1) is 0 Å². The summed E-state index contributed by atoms with van der Waals surface area (Å²) in [4.78, 5) is 0.267. The molecule has 0 amide bonds. The third-order valence-electron chi connectivity index (χ3n) is 3.24. The molecule has 0 fully saturated rings. The first-order valence-electron chi connectivity index (χ1n) is 6.70. The zero-order valence-corrected chi connectivity index (χ0v) is 12.6. The second-order valence-corrected chi connectivity index (χ2v) is 6.44. The largest absolute Gasteiger partial charge is 0.393 e. The number of aliphatic hydroxyl groups excluding tert-OH is 1. The summed E-state index contributed by atoms with van der Waals surface area (Å²) in [6, 6.07) is 6.86. The Hall–Kier alpha value is -0.910. The van der Waals surface area contributed by atoms with Gasteiger partial charge in [-0.1, -0.05) is 39.0 Å². The van der Waals surface area contributed by atoms with Crippen molar-refractivity contribution in [3.63, 3.8) is 0 Å². The molecule has 0 aliphatic heterocycles. The maximum absolute atomic E-state index is 12.2. The zero-order chi connectivity index (χ0) is 14.5. The summed E-state index contributed by atoms with van der Waals surface area (Å²) in [7, 11) is -3.50. The Kier molecular flexibility index (Phi) is 5.97. The van der Waals surface area contributed by atoms with Gasteiger partial charge in [0, 0.05) is 12.5 Å². The van der Waals surface area contributed by atoms with Gasteiger partial charge in [-0.15, -0.1) is 0 Å². The van der Waals surface area contributed by atoms with Crippen molar-refractivity contribution in [2.75, 3.05) is 6.54 Å². The molecule has 1 aromatic carbocycles. The van der Waals surface area contributed by atoms with Crippen LogP contribution in [0.2, 0.25) is 0 Å². The van der Waals surface area contributed by atoms with Crippen LogP contribution in [-0.2, 0) is 10.0 Å². The van der Waals surface area contributed by atoms with E-state index in [1.807, 2.05) is 20.8 Å². The molecule has 19 heavy (non-hydrogen) atoms. The van der Waals surface area contributed by atoms with E-state index < -0.39 is 16.1 Å². The monoisotopic (exact) mass is 285 g/mol. The molecule has 2 N–H and O–H groups in total. The van der Waals surface area contributed by atoms with Gasteiger partial charge in [-0.25, -0.2) is 13.1 Å². The maximum Gasteiger partial charge on any atom is 0.240 e. The van der Waals surface area contributed by atoms with Gasteiger partial charge in [-0.2, -0.15) is 0 Å². The number of aliphatic hydroxyl groups is 1. The van der Waals surface area contributed by atoms with Crippen LogP contribution in [0.5, 0.6) is 0 Å². The molecular formula is C14H23NO3S. The van der Waals surface area contributed by atoms with Gasteiger partial charge >= 0.3 is 0 Å². The Bertz CT molecular complexity index is 499. The van der Waals surface area contributed by atoms with Crippen molar-refractivity contribution in [3.8, 4) is 0 Å². The summed E-state index contributed by atoms with van der Waals surface area (Å²) in [6.07, 6.45) is 0.800. The summed E-state index contributed by atoms with van der Waals surface area (Å²) < 4.78 is 27.0. The summed E-state index contributed by atoms with van der Waals surface area (Å²) >= 11 is 0. The van der Waals surface area contributed by atoms with Gasteiger partial charge in [0.2, 0.25) is 10.0 Å². The molecule has 0 bridgehead atoms. The minimum Gasteiger partial charge on any atom is -0.393 e. The molecule has 0 aliphatic rings. The molecule has 0 radical (unpaired) electrons. The van der Waals surface area contributed by atoms with Crippen LogP contribution in [0.1, 0.15) is 45.1 Å². The lowest BCUT2D eigenvalue weighted by Crippen LogP contribution is -2.27.